The van der Waals surface area contributed by atoms with E-state index in [-0.39, 0.29) is 5.91 Å². The molecule has 0 unspecified atom stereocenters. The van der Waals surface area contributed by atoms with E-state index >= 15 is 0 Å². The van der Waals surface area contributed by atoms with Gasteiger partial charge in [-0.1, -0.05) is 34.6 Å². The van der Waals surface area contributed by atoms with Crippen molar-refractivity contribution in [3.8, 4) is 0 Å². The molecule has 0 aliphatic rings. The Hall–Kier alpha value is -1.09. The third-order valence-corrected chi connectivity index (χ3v) is 2.78. The van der Waals surface area contributed by atoms with Crippen LogP contribution < -0.4 is 0 Å². The Morgan fingerprint density at radius 3 is 2.13 bits per heavy atom. The smallest absolute Gasteiger partial charge is 0.253 e. The Balaban J connectivity index is 2.90. The molecular weight excluding hydrogens is 254 g/mol. The molecule has 1 aromatic rings. The highest BCUT2D eigenvalue weighted by Crippen LogP contribution is 2.15. The molecule has 1 aromatic carbocycles. The van der Waals surface area contributed by atoms with Crippen LogP contribution in [0.3, 0.4) is 0 Å². The van der Waals surface area contributed by atoms with Gasteiger partial charge in [0.15, 0.2) is 0 Å². The fourth-order valence-electron chi connectivity index (χ4n) is 1.18. The molecule has 0 heterocycles. The zero-order valence-electron chi connectivity index (χ0n) is 8.96. The van der Waals surface area contributed by atoms with Crippen LogP contribution in [0.1, 0.15) is 15.9 Å². The second-order valence-corrected chi connectivity index (χ2v) is 4.07. The van der Waals surface area contributed by atoms with Crippen LogP contribution in [-0.4, -0.2) is 30.2 Å². The number of alkyl halides is 1. The van der Waals surface area contributed by atoms with E-state index < -0.39 is 0 Å². The highest BCUT2D eigenvalue weighted by atomic mass is 79.9. The van der Waals surface area contributed by atoms with Crippen LogP contribution in [-0.2, 0) is 0 Å². The molecule has 0 bridgehead atoms. The van der Waals surface area contributed by atoms with E-state index in [1.54, 1.807) is 19.0 Å². The minimum atomic E-state index is 0.0194. The molecule has 15 heavy (non-hydrogen) atoms. The van der Waals surface area contributed by atoms with Crippen LogP contribution in [0.5, 0.6) is 0 Å². The topological polar surface area (TPSA) is 20.3 Å². The number of hydrogen-bond acceptors (Lipinski definition) is 1. The first-order chi connectivity index (χ1) is 7.06. The van der Waals surface area contributed by atoms with E-state index in [9.17, 15) is 4.79 Å². The van der Waals surface area contributed by atoms with Gasteiger partial charge in [0.25, 0.3) is 5.91 Å². The number of carbonyl (C=O) groups is 1. The van der Waals surface area contributed by atoms with Crippen LogP contribution in [0.2, 0.25) is 0 Å². The number of nitrogens with zero attached hydrogens (tertiary/aromatic N) is 1. The number of amides is 1. The minimum Gasteiger partial charge on any atom is -0.345 e. The monoisotopic (exact) mass is 267 g/mol. The molecule has 0 aromatic heterocycles. The number of halogens is 1. The maximum atomic E-state index is 11.6. The van der Waals surface area contributed by atoms with Gasteiger partial charge in [0.1, 0.15) is 0 Å². The van der Waals surface area contributed by atoms with Crippen LogP contribution in [0, 0.1) is 0 Å². The van der Waals surface area contributed by atoms with Crippen LogP contribution in [0.15, 0.2) is 30.8 Å². The van der Waals surface area contributed by atoms with E-state index in [0.29, 0.717) is 5.56 Å². The van der Waals surface area contributed by atoms with E-state index in [1.165, 1.54) is 0 Å². The van der Waals surface area contributed by atoms with Gasteiger partial charge in [-0.25, -0.2) is 0 Å². The van der Waals surface area contributed by atoms with Crippen molar-refractivity contribution in [2.75, 3.05) is 19.4 Å². The van der Waals surface area contributed by atoms with Gasteiger partial charge in [0, 0.05) is 25.0 Å². The summed E-state index contributed by atoms with van der Waals surface area (Å²) in [6, 6.07) is 7.48. The van der Waals surface area contributed by atoms with Gasteiger partial charge in [-0.05, 0) is 23.3 Å². The SMILES string of the molecule is C=C(CBr)c1ccc(C(=O)N(C)C)cc1. The summed E-state index contributed by atoms with van der Waals surface area (Å²) in [5.41, 5.74) is 2.77. The Kier molecular flexibility index (Phi) is 4.09. The van der Waals surface area contributed by atoms with Crippen molar-refractivity contribution in [2.24, 2.45) is 0 Å². The van der Waals surface area contributed by atoms with Gasteiger partial charge >= 0.3 is 0 Å². The number of rotatable bonds is 3. The first-order valence-corrected chi connectivity index (χ1v) is 5.74. The van der Waals surface area contributed by atoms with Crippen molar-refractivity contribution in [3.63, 3.8) is 0 Å². The molecule has 1 amide bonds. The minimum absolute atomic E-state index is 0.0194. The van der Waals surface area contributed by atoms with Crippen molar-refractivity contribution in [2.45, 2.75) is 0 Å². The van der Waals surface area contributed by atoms with Crippen molar-refractivity contribution >= 4 is 27.4 Å². The summed E-state index contributed by atoms with van der Waals surface area (Å²) in [6.07, 6.45) is 0. The van der Waals surface area contributed by atoms with Crippen molar-refractivity contribution in [1.29, 1.82) is 0 Å². The van der Waals surface area contributed by atoms with E-state index in [4.69, 9.17) is 0 Å². The lowest BCUT2D eigenvalue weighted by molar-refractivity contribution is 0.0827. The lowest BCUT2D eigenvalue weighted by Gasteiger charge is -2.10. The maximum absolute atomic E-state index is 11.6. The number of carbonyl (C=O) groups excluding carboxylic acids is 1. The molecule has 0 fully saturated rings. The highest BCUT2D eigenvalue weighted by molar-refractivity contribution is 9.09. The average Bonchev–Trinajstić information content (AvgIpc) is 2.27. The average molecular weight is 268 g/mol. The maximum Gasteiger partial charge on any atom is 0.253 e. The van der Waals surface area contributed by atoms with Gasteiger partial charge in [-0.15, -0.1) is 0 Å². The fraction of sp³-hybridized carbons (Fsp3) is 0.250. The lowest BCUT2D eigenvalue weighted by Crippen LogP contribution is -2.21. The molecule has 0 atom stereocenters. The predicted molar refractivity (Wildman–Crippen MR) is 67.3 cm³/mol. The molecular formula is C12H14BrNO. The summed E-state index contributed by atoms with van der Waals surface area (Å²) in [5.74, 6) is 0.0194. The van der Waals surface area contributed by atoms with Gasteiger partial charge in [-0.3, -0.25) is 4.79 Å². The molecule has 0 aliphatic heterocycles. The standard InChI is InChI=1S/C12H14BrNO/c1-9(8-13)10-4-6-11(7-5-10)12(15)14(2)3/h4-7H,1,8H2,2-3H3. The van der Waals surface area contributed by atoms with Gasteiger partial charge < -0.3 is 4.90 Å². The van der Waals surface area contributed by atoms with Gasteiger partial charge in [0.2, 0.25) is 0 Å². The molecule has 0 N–H and O–H groups in total. The molecule has 0 saturated heterocycles. The largest absolute Gasteiger partial charge is 0.345 e. The van der Waals surface area contributed by atoms with Crippen LogP contribution in [0.25, 0.3) is 5.57 Å². The molecule has 3 heteroatoms. The second kappa shape index (κ2) is 5.12. The Morgan fingerprint density at radius 1 is 1.27 bits per heavy atom. The Morgan fingerprint density at radius 2 is 1.73 bits per heavy atom. The van der Waals surface area contributed by atoms with Crippen LogP contribution in [0.4, 0.5) is 0 Å². The molecule has 0 radical (unpaired) electrons. The Labute approximate surface area is 98.7 Å². The lowest BCUT2D eigenvalue weighted by atomic mass is 10.1. The van der Waals surface area contributed by atoms with Gasteiger partial charge in [0.05, 0.1) is 0 Å². The van der Waals surface area contributed by atoms with E-state index in [1.807, 2.05) is 24.3 Å². The van der Waals surface area contributed by atoms with Gasteiger partial charge in [-0.2, -0.15) is 0 Å². The Bertz CT molecular complexity index is 368. The molecule has 1 rings (SSSR count). The molecule has 0 spiro atoms. The van der Waals surface area contributed by atoms with Crippen molar-refractivity contribution < 1.29 is 4.79 Å². The number of benzene rings is 1. The normalized spacial score (nSPS) is 9.80. The zero-order valence-corrected chi connectivity index (χ0v) is 10.5. The first-order valence-electron chi connectivity index (χ1n) is 4.62. The second-order valence-electron chi connectivity index (χ2n) is 3.51. The third kappa shape index (κ3) is 2.93. The third-order valence-electron chi connectivity index (χ3n) is 2.11. The van der Waals surface area contributed by atoms with Crippen molar-refractivity contribution in [3.05, 3.63) is 42.0 Å². The molecule has 2 nitrogen and oxygen atoms in total. The molecule has 0 aliphatic carbocycles. The zero-order chi connectivity index (χ0) is 11.4. The van der Waals surface area contributed by atoms with Crippen molar-refractivity contribution in [1.82, 2.24) is 4.90 Å². The molecule has 0 saturated carbocycles. The van der Waals surface area contributed by atoms with E-state index in [0.717, 1.165) is 16.5 Å². The number of hydrogen-bond donors (Lipinski definition) is 0. The number of allylic oxidation sites excluding steroid dienone is 1. The summed E-state index contributed by atoms with van der Waals surface area (Å²) in [6.45, 7) is 3.91. The summed E-state index contributed by atoms with van der Waals surface area (Å²) in [7, 11) is 3.49. The fourth-order valence-corrected chi connectivity index (χ4v) is 1.51. The highest BCUT2D eigenvalue weighted by Gasteiger charge is 2.07. The summed E-state index contributed by atoms with van der Waals surface area (Å²) in [4.78, 5) is 13.2. The van der Waals surface area contributed by atoms with E-state index in [2.05, 4.69) is 22.5 Å². The first kappa shape index (κ1) is 12.0. The summed E-state index contributed by atoms with van der Waals surface area (Å²) >= 11 is 3.35. The summed E-state index contributed by atoms with van der Waals surface area (Å²) < 4.78 is 0. The quantitative estimate of drug-likeness (QED) is 0.772. The summed E-state index contributed by atoms with van der Waals surface area (Å²) in [5, 5.41) is 0.744. The molecule has 80 valence electrons. The predicted octanol–water partition coefficient (Wildman–Crippen LogP) is 2.80. The van der Waals surface area contributed by atoms with Crippen LogP contribution >= 0.6 is 15.9 Å².